The molecule has 1 aliphatic rings. The van der Waals surface area contributed by atoms with E-state index >= 15 is 0 Å². The molecule has 6 nitrogen and oxygen atoms in total. The van der Waals surface area contributed by atoms with E-state index in [1.165, 1.54) is 4.57 Å². The van der Waals surface area contributed by atoms with Gasteiger partial charge in [-0.1, -0.05) is 6.92 Å². The van der Waals surface area contributed by atoms with Gasteiger partial charge in [-0.3, -0.25) is 14.3 Å². The molecule has 0 aliphatic carbocycles. The second-order valence-electron chi connectivity index (χ2n) is 6.67. The van der Waals surface area contributed by atoms with Gasteiger partial charge in [-0.2, -0.15) is 0 Å². The summed E-state index contributed by atoms with van der Waals surface area (Å²) in [6, 6.07) is 0. The number of ether oxygens (including phenoxy) is 1. The molecule has 1 aromatic heterocycles. The maximum atomic E-state index is 11.8. The smallest absolute Gasteiger partial charge is 0.254 e. The number of aliphatic hydroxyl groups excluding tert-OH is 2. The van der Waals surface area contributed by atoms with E-state index in [4.69, 9.17) is 17.0 Å². The van der Waals surface area contributed by atoms with Gasteiger partial charge in [-0.15, -0.1) is 13.2 Å². The summed E-state index contributed by atoms with van der Waals surface area (Å²) in [6.07, 6.45) is 4.46. The van der Waals surface area contributed by atoms with E-state index in [9.17, 15) is 15.0 Å². The summed E-state index contributed by atoms with van der Waals surface area (Å²) < 4.78 is 7.55. The first-order valence-electron chi connectivity index (χ1n) is 7.67. The number of H-pyrrole nitrogens is 1. The highest BCUT2D eigenvalue weighted by Crippen LogP contribution is 2.39. The Morgan fingerprint density at radius 3 is 2.65 bits per heavy atom. The Balaban J connectivity index is 2.26. The highest BCUT2D eigenvalue weighted by atomic mass is 32.1. The molecule has 1 aromatic rings. The summed E-state index contributed by atoms with van der Waals surface area (Å²) >= 11 is 5.17. The van der Waals surface area contributed by atoms with Crippen LogP contribution >= 0.6 is 19.1 Å². The molecule has 1 aliphatic heterocycles. The van der Waals surface area contributed by atoms with Gasteiger partial charge in [0.15, 0.2) is 11.0 Å². The fraction of sp³-hybridized carbons (Fsp3) is 0.667. The van der Waals surface area contributed by atoms with Crippen molar-refractivity contribution in [3.05, 3.63) is 26.9 Å². The second kappa shape index (κ2) is 7.03. The van der Waals surface area contributed by atoms with E-state index in [-0.39, 0.29) is 10.3 Å². The molecule has 8 heteroatoms. The zero-order valence-corrected chi connectivity index (χ0v) is 15.4. The summed E-state index contributed by atoms with van der Waals surface area (Å²) in [5.74, 6) is 0. The van der Waals surface area contributed by atoms with Gasteiger partial charge in [0.2, 0.25) is 0 Å². The molecule has 0 bridgehead atoms. The minimum absolute atomic E-state index is 0.175. The first-order valence-corrected chi connectivity index (χ1v) is 11.1. The molecule has 2 rings (SSSR count). The minimum atomic E-state index is -1.23. The number of aliphatic hydroxyl groups is 2. The van der Waals surface area contributed by atoms with Crippen molar-refractivity contribution < 1.29 is 14.9 Å². The molecule has 23 heavy (non-hydrogen) atoms. The van der Waals surface area contributed by atoms with Crippen molar-refractivity contribution in [1.82, 2.24) is 9.55 Å². The Morgan fingerprint density at radius 2 is 2.09 bits per heavy atom. The Hall–Kier alpha value is -0.720. The summed E-state index contributed by atoms with van der Waals surface area (Å²) in [4.78, 5) is 14.4. The second-order valence-corrected chi connectivity index (χ2v) is 11.4. The number of aryl methyl sites for hydroxylation is 1. The fourth-order valence-corrected chi connectivity index (χ4v) is 3.85. The van der Waals surface area contributed by atoms with Crippen molar-refractivity contribution >= 4 is 25.4 Å². The Labute approximate surface area is 141 Å². The lowest BCUT2D eigenvalue weighted by Gasteiger charge is -2.19. The molecule has 1 saturated heterocycles. The van der Waals surface area contributed by atoms with Crippen LogP contribution in [0.3, 0.4) is 0 Å². The van der Waals surface area contributed by atoms with Crippen LogP contribution in [0.2, 0.25) is 0 Å². The van der Waals surface area contributed by atoms with Gasteiger partial charge in [-0.05, 0) is 44.6 Å². The molecule has 0 spiro atoms. The number of nitrogens with one attached hydrogen (secondary N) is 1. The Morgan fingerprint density at radius 1 is 1.43 bits per heavy atom. The molecule has 0 aromatic carbocycles. The highest BCUT2D eigenvalue weighted by Gasteiger charge is 2.43. The standard InChI is InChI=1S/C15H25N2O4PS/c1-5-9-8-17(15(23)16-13(9)20)14-12(19)11(18)10(21-14)6-7-22(2,3)4/h8,10-12,14,18-19H,2,5-7H2,1,3-4H3,(H,16,20,23)/t10-,11-,12?,14-/m1/s1. The first-order chi connectivity index (χ1) is 10.6. The van der Waals surface area contributed by atoms with E-state index in [2.05, 4.69) is 24.6 Å². The number of hydrogen-bond acceptors (Lipinski definition) is 5. The molecule has 0 radical (unpaired) electrons. The lowest BCUT2D eigenvalue weighted by molar-refractivity contribution is -0.0392. The van der Waals surface area contributed by atoms with Crippen LogP contribution in [0.5, 0.6) is 0 Å². The monoisotopic (exact) mass is 360 g/mol. The molecule has 0 saturated carbocycles. The van der Waals surface area contributed by atoms with Crippen molar-refractivity contribution in [2.75, 3.05) is 19.5 Å². The Kier molecular flexibility index (Phi) is 5.69. The molecule has 1 unspecified atom stereocenters. The van der Waals surface area contributed by atoms with Crippen LogP contribution in [0.1, 0.15) is 25.1 Å². The van der Waals surface area contributed by atoms with E-state index in [1.807, 2.05) is 6.92 Å². The van der Waals surface area contributed by atoms with E-state index in [1.54, 1.807) is 6.20 Å². The van der Waals surface area contributed by atoms with Gasteiger partial charge in [0, 0.05) is 11.8 Å². The molecular weight excluding hydrogens is 335 g/mol. The predicted molar refractivity (Wildman–Crippen MR) is 96.6 cm³/mol. The normalized spacial score (nSPS) is 28.2. The zero-order valence-electron chi connectivity index (χ0n) is 13.7. The van der Waals surface area contributed by atoms with E-state index < -0.39 is 31.4 Å². The summed E-state index contributed by atoms with van der Waals surface area (Å²) in [5.41, 5.74) is 0.319. The molecule has 0 amide bonds. The third-order valence-electron chi connectivity index (χ3n) is 4.05. The van der Waals surface area contributed by atoms with Crippen molar-refractivity contribution in [3.63, 3.8) is 0 Å². The van der Waals surface area contributed by atoms with Crippen molar-refractivity contribution in [3.8, 4) is 0 Å². The van der Waals surface area contributed by atoms with Crippen LogP contribution < -0.4 is 5.56 Å². The van der Waals surface area contributed by atoms with Crippen molar-refractivity contribution in [2.24, 2.45) is 0 Å². The van der Waals surface area contributed by atoms with Crippen LogP contribution in [-0.4, -0.2) is 63.9 Å². The van der Waals surface area contributed by atoms with Crippen LogP contribution in [0.15, 0.2) is 11.0 Å². The summed E-state index contributed by atoms with van der Waals surface area (Å²) in [6.45, 7) is 4.87. The summed E-state index contributed by atoms with van der Waals surface area (Å²) in [5, 5.41) is 20.6. The maximum Gasteiger partial charge on any atom is 0.254 e. The van der Waals surface area contributed by atoms with Gasteiger partial charge < -0.3 is 14.9 Å². The van der Waals surface area contributed by atoms with Gasteiger partial charge in [-0.25, -0.2) is 0 Å². The van der Waals surface area contributed by atoms with Crippen LogP contribution in [0.25, 0.3) is 0 Å². The number of aromatic amines is 1. The Bertz CT molecular complexity index is 723. The highest BCUT2D eigenvalue weighted by molar-refractivity contribution is 7.72. The van der Waals surface area contributed by atoms with E-state index in [0.29, 0.717) is 18.4 Å². The maximum absolute atomic E-state index is 11.8. The van der Waals surface area contributed by atoms with Gasteiger partial charge in [0.05, 0.1) is 6.10 Å². The average Bonchev–Trinajstić information content (AvgIpc) is 2.73. The van der Waals surface area contributed by atoms with Crippen LogP contribution in [0.4, 0.5) is 0 Å². The van der Waals surface area contributed by atoms with Crippen LogP contribution in [-0.2, 0) is 11.2 Å². The van der Waals surface area contributed by atoms with E-state index in [0.717, 1.165) is 6.16 Å². The summed E-state index contributed by atoms with van der Waals surface area (Å²) in [7, 11) is 0. The molecule has 3 N–H and O–H groups in total. The van der Waals surface area contributed by atoms with Crippen LogP contribution in [0, 0.1) is 4.77 Å². The molecule has 1 fully saturated rings. The van der Waals surface area contributed by atoms with Gasteiger partial charge in [0.25, 0.3) is 5.56 Å². The lowest BCUT2D eigenvalue weighted by Crippen LogP contribution is -2.32. The lowest BCUT2D eigenvalue weighted by atomic mass is 10.1. The molecule has 2 heterocycles. The molecular formula is C15H25N2O4PS. The molecule has 130 valence electrons. The largest absolute Gasteiger partial charge is 0.388 e. The third kappa shape index (κ3) is 4.22. The predicted octanol–water partition coefficient (Wildman–Crippen LogP) is 1.19. The average molecular weight is 360 g/mol. The first kappa shape index (κ1) is 18.6. The number of hydrogen-bond donors (Lipinski definition) is 3. The van der Waals surface area contributed by atoms with Gasteiger partial charge in [0.1, 0.15) is 12.2 Å². The topological polar surface area (TPSA) is 87.5 Å². The minimum Gasteiger partial charge on any atom is -0.388 e. The van der Waals surface area contributed by atoms with Crippen molar-refractivity contribution in [1.29, 1.82) is 0 Å². The quantitative estimate of drug-likeness (QED) is 0.542. The zero-order chi connectivity index (χ0) is 17.4. The third-order valence-corrected chi connectivity index (χ3v) is 5.83. The molecule has 4 atom stereocenters. The number of rotatable bonds is 5. The number of aromatic nitrogens is 2. The number of nitrogens with zero attached hydrogens (tertiary/aromatic N) is 1. The fourth-order valence-electron chi connectivity index (χ4n) is 2.64. The van der Waals surface area contributed by atoms with Crippen molar-refractivity contribution in [2.45, 2.75) is 44.3 Å². The SMILES string of the molecule is C=P(C)(C)CC[C@H]1O[C@@H](n2cc(CC)c(=O)[nH]c2=S)C(O)[C@@H]1O. The van der Waals surface area contributed by atoms with Gasteiger partial charge >= 0.3 is 0 Å².